The van der Waals surface area contributed by atoms with Crippen molar-refractivity contribution in [1.29, 1.82) is 0 Å². The van der Waals surface area contributed by atoms with E-state index in [9.17, 15) is 19.5 Å². The summed E-state index contributed by atoms with van der Waals surface area (Å²) in [6.45, 7) is 0. The lowest BCUT2D eigenvalue weighted by Crippen LogP contribution is -2.42. The van der Waals surface area contributed by atoms with Gasteiger partial charge in [-0.3, -0.25) is 19.1 Å². The fourth-order valence-corrected chi connectivity index (χ4v) is 3.61. The number of fused-ring (bicyclic) bond motifs is 1. The zero-order chi connectivity index (χ0) is 19.0. The predicted molar refractivity (Wildman–Crippen MR) is 90.7 cm³/mol. The third-order valence-corrected chi connectivity index (χ3v) is 4.89. The number of rotatable bonds is 3. The highest BCUT2D eigenvalue weighted by atomic mass is 16.5. The summed E-state index contributed by atoms with van der Waals surface area (Å²) in [6.07, 6.45) is -1.37. The molecule has 0 aliphatic heterocycles. The van der Waals surface area contributed by atoms with Crippen molar-refractivity contribution in [2.45, 2.75) is 12.5 Å². The number of carbonyl (C=O) groups is 2. The predicted octanol–water partition coefficient (Wildman–Crippen LogP) is 0.344. The van der Waals surface area contributed by atoms with Gasteiger partial charge in [-0.1, -0.05) is 18.2 Å². The summed E-state index contributed by atoms with van der Waals surface area (Å²) in [7, 11) is 4.06. The van der Waals surface area contributed by atoms with Crippen molar-refractivity contribution in [3.05, 3.63) is 51.9 Å². The number of hydrogen-bond donors (Lipinski definition) is 1. The van der Waals surface area contributed by atoms with Gasteiger partial charge in [-0.05, 0) is 12.1 Å². The fourth-order valence-electron chi connectivity index (χ4n) is 3.61. The van der Waals surface area contributed by atoms with Crippen LogP contribution < -0.4 is 5.56 Å². The first-order valence-electron chi connectivity index (χ1n) is 8.12. The van der Waals surface area contributed by atoms with Gasteiger partial charge in [-0.2, -0.15) is 0 Å². The van der Waals surface area contributed by atoms with Crippen LogP contribution in [0.4, 0.5) is 0 Å². The van der Waals surface area contributed by atoms with Crippen LogP contribution in [-0.4, -0.2) is 40.6 Å². The fraction of sp³-hybridized carbons (Fsp3) is 0.389. The standard InChI is InChI=1S/C18H20N2O6/c1-19-12-9-11(17(23)25-2)13(18(24)26-3)15(21)14(12)16(22)20(19)10-7-5-4-6-8-10/h4-8,11,13,15,21H,9H2,1-3H3/t11-,13+,15+/m1/s1. The van der Waals surface area contributed by atoms with Gasteiger partial charge in [0.05, 0.1) is 31.4 Å². The molecule has 3 rings (SSSR count). The van der Waals surface area contributed by atoms with Gasteiger partial charge >= 0.3 is 11.9 Å². The number of para-hydroxylation sites is 1. The van der Waals surface area contributed by atoms with E-state index in [0.29, 0.717) is 11.4 Å². The molecule has 0 radical (unpaired) electrons. The van der Waals surface area contributed by atoms with Crippen LogP contribution in [0.2, 0.25) is 0 Å². The Hall–Kier alpha value is -2.87. The van der Waals surface area contributed by atoms with Gasteiger partial charge in [0, 0.05) is 19.2 Å². The molecule has 8 nitrogen and oxygen atoms in total. The van der Waals surface area contributed by atoms with E-state index in [0.717, 1.165) is 0 Å². The molecular formula is C18H20N2O6. The highest BCUT2D eigenvalue weighted by molar-refractivity contribution is 5.83. The van der Waals surface area contributed by atoms with Crippen LogP contribution in [0.15, 0.2) is 35.1 Å². The number of aliphatic hydroxyl groups is 1. The molecule has 0 saturated carbocycles. The summed E-state index contributed by atoms with van der Waals surface area (Å²) >= 11 is 0. The molecule has 0 bridgehead atoms. The number of ether oxygens (including phenoxy) is 2. The van der Waals surface area contributed by atoms with Gasteiger partial charge < -0.3 is 14.6 Å². The van der Waals surface area contributed by atoms with Crippen molar-refractivity contribution in [2.75, 3.05) is 14.2 Å². The molecule has 0 saturated heterocycles. The Morgan fingerprint density at radius 3 is 2.31 bits per heavy atom. The lowest BCUT2D eigenvalue weighted by Gasteiger charge is -2.31. The summed E-state index contributed by atoms with van der Waals surface area (Å²) < 4.78 is 12.5. The molecule has 26 heavy (non-hydrogen) atoms. The highest BCUT2D eigenvalue weighted by Crippen LogP contribution is 2.38. The third-order valence-electron chi connectivity index (χ3n) is 4.89. The van der Waals surface area contributed by atoms with E-state index < -0.39 is 35.4 Å². The minimum Gasteiger partial charge on any atom is -0.469 e. The Balaban J connectivity index is 2.20. The Morgan fingerprint density at radius 2 is 1.73 bits per heavy atom. The van der Waals surface area contributed by atoms with Crippen molar-refractivity contribution in [2.24, 2.45) is 18.9 Å². The second-order valence-electron chi connectivity index (χ2n) is 6.16. The van der Waals surface area contributed by atoms with Crippen molar-refractivity contribution in [3.8, 4) is 5.69 Å². The molecule has 1 aliphatic carbocycles. The van der Waals surface area contributed by atoms with E-state index in [2.05, 4.69) is 0 Å². The molecule has 0 spiro atoms. The average molecular weight is 360 g/mol. The second-order valence-corrected chi connectivity index (χ2v) is 6.16. The highest BCUT2D eigenvalue weighted by Gasteiger charge is 2.48. The maximum atomic E-state index is 13.0. The molecule has 1 aromatic carbocycles. The van der Waals surface area contributed by atoms with E-state index in [1.54, 1.807) is 36.0 Å². The zero-order valence-electron chi connectivity index (χ0n) is 14.7. The molecule has 1 aliphatic rings. The quantitative estimate of drug-likeness (QED) is 0.793. The van der Waals surface area contributed by atoms with Crippen LogP contribution in [-0.2, 0) is 32.5 Å². The van der Waals surface area contributed by atoms with Gasteiger partial charge in [-0.15, -0.1) is 0 Å². The summed E-state index contributed by atoms with van der Waals surface area (Å²) in [5, 5.41) is 10.8. The lowest BCUT2D eigenvalue weighted by molar-refractivity contribution is -0.163. The first-order valence-corrected chi connectivity index (χ1v) is 8.12. The summed E-state index contributed by atoms with van der Waals surface area (Å²) in [5.74, 6) is -3.52. The molecule has 1 aromatic heterocycles. The molecule has 0 amide bonds. The van der Waals surface area contributed by atoms with Crippen LogP contribution in [0.5, 0.6) is 0 Å². The van der Waals surface area contributed by atoms with Gasteiger partial charge in [0.1, 0.15) is 12.0 Å². The van der Waals surface area contributed by atoms with Crippen molar-refractivity contribution in [3.63, 3.8) is 0 Å². The monoisotopic (exact) mass is 360 g/mol. The number of aliphatic hydroxyl groups excluding tert-OH is 1. The van der Waals surface area contributed by atoms with Gasteiger partial charge in [-0.25, -0.2) is 4.68 Å². The topological polar surface area (TPSA) is 99.8 Å². The normalized spacial score (nSPS) is 21.8. The van der Waals surface area contributed by atoms with Crippen molar-refractivity contribution < 1.29 is 24.2 Å². The lowest BCUT2D eigenvalue weighted by atomic mass is 9.76. The first-order chi connectivity index (χ1) is 12.4. The van der Waals surface area contributed by atoms with Gasteiger partial charge in [0.2, 0.25) is 0 Å². The van der Waals surface area contributed by atoms with Crippen LogP contribution in [0.25, 0.3) is 5.69 Å². The van der Waals surface area contributed by atoms with E-state index in [-0.39, 0.29) is 12.0 Å². The Labute approximate surface area is 149 Å². The van der Waals surface area contributed by atoms with E-state index in [1.807, 2.05) is 6.07 Å². The minimum absolute atomic E-state index is 0.0877. The third kappa shape index (κ3) is 2.62. The number of methoxy groups -OCH3 is 2. The number of benzene rings is 1. The van der Waals surface area contributed by atoms with E-state index in [1.165, 1.54) is 18.9 Å². The maximum absolute atomic E-state index is 13.0. The Morgan fingerprint density at radius 1 is 1.12 bits per heavy atom. The smallest absolute Gasteiger partial charge is 0.312 e. The maximum Gasteiger partial charge on any atom is 0.312 e. The number of esters is 2. The molecule has 1 heterocycles. The van der Waals surface area contributed by atoms with Crippen molar-refractivity contribution in [1.82, 2.24) is 9.36 Å². The summed E-state index contributed by atoms with van der Waals surface area (Å²) in [4.78, 5) is 37.3. The molecule has 0 fully saturated rings. The second kappa shape index (κ2) is 6.80. The zero-order valence-corrected chi connectivity index (χ0v) is 14.7. The SMILES string of the molecule is COC(=O)[C@@H]1[C@H](O)c2c(n(C)n(-c3ccccc3)c2=O)C[C@H]1C(=O)OC. The molecule has 0 unspecified atom stereocenters. The Kier molecular flexibility index (Phi) is 4.69. The molecule has 1 N–H and O–H groups in total. The molecule has 2 aromatic rings. The number of aromatic nitrogens is 2. The molecule has 138 valence electrons. The summed E-state index contributed by atoms with van der Waals surface area (Å²) in [6, 6.07) is 8.92. The van der Waals surface area contributed by atoms with Crippen LogP contribution in [0, 0.1) is 11.8 Å². The number of carbonyl (C=O) groups excluding carboxylic acids is 2. The molecule has 8 heteroatoms. The van der Waals surface area contributed by atoms with Crippen molar-refractivity contribution >= 4 is 11.9 Å². The van der Waals surface area contributed by atoms with E-state index >= 15 is 0 Å². The average Bonchev–Trinajstić information content (AvgIpc) is 2.91. The van der Waals surface area contributed by atoms with E-state index in [4.69, 9.17) is 9.47 Å². The first kappa shape index (κ1) is 17.9. The molecular weight excluding hydrogens is 340 g/mol. The summed E-state index contributed by atoms with van der Waals surface area (Å²) in [5.41, 5.74) is 0.776. The minimum atomic E-state index is -1.46. The largest absolute Gasteiger partial charge is 0.469 e. The van der Waals surface area contributed by atoms with Gasteiger partial charge in [0.15, 0.2) is 0 Å². The number of hydrogen-bond acceptors (Lipinski definition) is 6. The Bertz CT molecular complexity index is 898. The molecule has 3 atom stereocenters. The van der Waals surface area contributed by atoms with Crippen LogP contribution in [0.1, 0.15) is 17.4 Å². The number of nitrogens with zero attached hydrogens (tertiary/aromatic N) is 2. The van der Waals surface area contributed by atoms with Crippen LogP contribution in [0.3, 0.4) is 0 Å². The van der Waals surface area contributed by atoms with Gasteiger partial charge in [0.25, 0.3) is 5.56 Å². The van der Waals surface area contributed by atoms with Crippen LogP contribution >= 0.6 is 0 Å².